The van der Waals surface area contributed by atoms with Crippen LogP contribution in [0.5, 0.6) is 11.5 Å². The van der Waals surface area contributed by atoms with Crippen LogP contribution in [0, 0.1) is 0 Å². The average Bonchev–Trinajstić information content (AvgIpc) is 2.58. The molecule has 2 rings (SSSR count). The van der Waals surface area contributed by atoms with Crippen molar-refractivity contribution in [2.75, 3.05) is 46.9 Å². The zero-order chi connectivity index (χ0) is 18.4. The number of ether oxygens (including phenoxy) is 3. The lowest BCUT2D eigenvalue weighted by Gasteiger charge is -2.35. The molecule has 0 radical (unpaired) electrons. The zero-order valence-electron chi connectivity index (χ0n) is 16.0. The molecule has 25 heavy (non-hydrogen) atoms. The topological polar surface area (TPSA) is 51.2 Å². The number of carbonyl (C=O) groups is 1. The minimum atomic E-state index is -0.443. The van der Waals surface area contributed by atoms with Gasteiger partial charge in [-0.05, 0) is 44.9 Å². The molecule has 0 N–H and O–H groups in total. The van der Waals surface area contributed by atoms with E-state index < -0.39 is 5.60 Å². The Morgan fingerprint density at radius 1 is 1.04 bits per heavy atom. The van der Waals surface area contributed by atoms with E-state index in [1.165, 1.54) is 5.56 Å². The maximum Gasteiger partial charge on any atom is 0.410 e. The van der Waals surface area contributed by atoms with Crippen molar-refractivity contribution in [3.63, 3.8) is 0 Å². The maximum absolute atomic E-state index is 12.1. The molecule has 1 heterocycles. The van der Waals surface area contributed by atoms with Crippen LogP contribution in [0.1, 0.15) is 26.3 Å². The van der Waals surface area contributed by atoms with Crippen LogP contribution in [0.2, 0.25) is 0 Å². The fourth-order valence-corrected chi connectivity index (χ4v) is 2.80. The molecule has 1 fully saturated rings. The first kappa shape index (κ1) is 19.4. The van der Waals surface area contributed by atoms with Gasteiger partial charge < -0.3 is 19.1 Å². The molecule has 0 unspecified atom stereocenters. The molecule has 1 saturated heterocycles. The van der Waals surface area contributed by atoms with Gasteiger partial charge in [-0.25, -0.2) is 4.79 Å². The lowest BCUT2D eigenvalue weighted by atomic mass is 10.1. The number of carbonyl (C=O) groups excluding carboxylic acids is 1. The van der Waals surface area contributed by atoms with Crippen molar-refractivity contribution in [3.8, 4) is 11.5 Å². The summed E-state index contributed by atoms with van der Waals surface area (Å²) < 4.78 is 16.1. The Balaban J connectivity index is 1.80. The molecular weight excluding hydrogens is 320 g/mol. The van der Waals surface area contributed by atoms with E-state index >= 15 is 0 Å². The lowest BCUT2D eigenvalue weighted by Crippen LogP contribution is -2.50. The monoisotopic (exact) mass is 350 g/mol. The van der Waals surface area contributed by atoms with Gasteiger partial charge in [0.15, 0.2) is 11.5 Å². The van der Waals surface area contributed by atoms with E-state index in [9.17, 15) is 4.79 Å². The first-order valence-electron chi connectivity index (χ1n) is 8.73. The van der Waals surface area contributed by atoms with Gasteiger partial charge in [-0.1, -0.05) is 6.07 Å². The second-order valence-electron chi connectivity index (χ2n) is 7.25. The van der Waals surface area contributed by atoms with Gasteiger partial charge in [0.05, 0.1) is 14.2 Å². The van der Waals surface area contributed by atoms with Gasteiger partial charge in [-0.2, -0.15) is 0 Å². The summed E-state index contributed by atoms with van der Waals surface area (Å²) in [7, 11) is 3.29. The summed E-state index contributed by atoms with van der Waals surface area (Å²) in [6, 6.07) is 6.03. The third-order valence-corrected chi connectivity index (χ3v) is 4.19. The Kier molecular flexibility index (Phi) is 6.53. The van der Waals surface area contributed by atoms with Crippen molar-refractivity contribution < 1.29 is 19.0 Å². The van der Waals surface area contributed by atoms with Crippen molar-refractivity contribution in [3.05, 3.63) is 23.8 Å². The van der Waals surface area contributed by atoms with Crippen molar-refractivity contribution in [1.29, 1.82) is 0 Å². The number of hydrogen-bond acceptors (Lipinski definition) is 5. The molecule has 6 nitrogen and oxygen atoms in total. The average molecular weight is 350 g/mol. The molecule has 1 aliphatic heterocycles. The van der Waals surface area contributed by atoms with E-state index in [1.807, 2.05) is 32.9 Å². The van der Waals surface area contributed by atoms with Gasteiger partial charge in [-0.15, -0.1) is 0 Å². The molecule has 1 amide bonds. The van der Waals surface area contributed by atoms with Crippen molar-refractivity contribution >= 4 is 6.09 Å². The van der Waals surface area contributed by atoms with Crippen LogP contribution in [-0.2, 0) is 11.2 Å². The number of methoxy groups -OCH3 is 2. The highest BCUT2D eigenvalue weighted by molar-refractivity contribution is 5.68. The fourth-order valence-electron chi connectivity index (χ4n) is 2.80. The van der Waals surface area contributed by atoms with E-state index in [1.54, 1.807) is 19.1 Å². The van der Waals surface area contributed by atoms with Gasteiger partial charge in [0.1, 0.15) is 5.60 Å². The summed E-state index contributed by atoms with van der Waals surface area (Å²) in [5.41, 5.74) is 0.772. The van der Waals surface area contributed by atoms with E-state index in [-0.39, 0.29) is 6.09 Å². The van der Waals surface area contributed by atoms with Gasteiger partial charge in [0.25, 0.3) is 0 Å². The first-order chi connectivity index (χ1) is 11.8. The number of benzene rings is 1. The van der Waals surface area contributed by atoms with E-state index in [0.717, 1.165) is 37.6 Å². The predicted molar refractivity (Wildman–Crippen MR) is 97.5 cm³/mol. The third kappa shape index (κ3) is 5.81. The molecule has 1 aliphatic rings. The highest BCUT2D eigenvalue weighted by Crippen LogP contribution is 2.27. The molecule has 140 valence electrons. The third-order valence-electron chi connectivity index (χ3n) is 4.19. The molecular formula is C19H30N2O4. The van der Waals surface area contributed by atoms with Crippen LogP contribution in [0.15, 0.2) is 18.2 Å². The predicted octanol–water partition coefficient (Wildman–Crippen LogP) is 2.80. The SMILES string of the molecule is COc1ccc(CCN2CCN(C(=O)OC(C)(C)C)CC2)cc1OC. The molecule has 1 aromatic carbocycles. The van der Waals surface area contributed by atoms with Gasteiger partial charge in [0.2, 0.25) is 0 Å². The highest BCUT2D eigenvalue weighted by atomic mass is 16.6. The Hall–Kier alpha value is -1.95. The van der Waals surface area contributed by atoms with Crippen LogP contribution < -0.4 is 9.47 Å². The first-order valence-corrected chi connectivity index (χ1v) is 8.73. The number of rotatable bonds is 5. The lowest BCUT2D eigenvalue weighted by molar-refractivity contribution is 0.0146. The molecule has 0 aromatic heterocycles. The van der Waals surface area contributed by atoms with Crippen LogP contribution in [0.3, 0.4) is 0 Å². The van der Waals surface area contributed by atoms with E-state index in [2.05, 4.69) is 11.0 Å². The normalized spacial score (nSPS) is 15.8. The Morgan fingerprint density at radius 2 is 1.68 bits per heavy atom. The van der Waals surface area contributed by atoms with Gasteiger partial charge in [0, 0.05) is 32.7 Å². The molecule has 0 atom stereocenters. The van der Waals surface area contributed by atoms with Crippen molar-refractivity contribution in [2.45, 2.75) is 32.8 Å². The molecule has 0 spiro atoms. The molecule has 6 heteroatoms. The van der Waals surface area contributed by atoms with Crippen molar-refractivity contribution in [2.24, 2.45) is 0 Å². The van der Waals surface area contributed by atoms with Crippen molar-refractivity contribution in [1.82, 2.24) is 9.80 Å². The van der Waals surface area contributed by atoms with Crippen LogP contribution >= 0.6 is 0 Å². The molecule has 0 bridgehead atoms. The number of hydrogen-bond donors (Lipinski definition) is 0. The van der Waals surface area contributed by atoms with E-state index in [4.69, 9.17) is 14.2 Å². The van der Waals surface area contributed by atoms with Crippen LogP contribution in [-0.4, -0.2) is 68.4 Å². The van der Waals surface area contributed by atoms with Crippen LogP contribution in [0.4, 0.5) is 4.79 Å². The smallest absolute Gasteiger partial charge is 0.410 e. The highest BCUT2D eigenvalue weighted by Gasteiger charge is 2.25. The number of nitrogens with zero attached hydrogens (tertiary/aromatic N) is 2. The summed E-state index contributed by atoms with van der Waals surface area (Å²) >= 11 is 0. The second-order valence-corrected chi connectivity index (χ2v) is 7.25. The minimum Gasteiger partial charge on any atom is -0.493 e. The van der Waals surface area contributed by atoms with E-state index in [0.29, 0.717) is 13.1 Å². The Bertz CT molecular complexity index is 575. The summed E-state index contributed by atoms with van der Waals surface area (Å²) in [6.45, 7) is 9.79. The molecule has 0 saturated carbocycles. The molecule has 0 aliphatic carbocycles. The maximum atomic E-state index is 12.1. The summed E-state index contributed by atoms with van der Waals surface area (Å²) in [6.07, 6.45) is 0.722. The number of piperazine rings is 1. The Morgan fingerprint density at radius 3 is 2.24 bits per heavy atom. The number of amides is 1. The minimum absolute atomic E-state index is 0.216. The quantitative estimate of drug-likeness (QED) is 0.817. The molecule has 1 aromatic rings. The fraction of sp³-hybridized carbons (Fsp3) is 0.632. The second kappa shape index (κ2) is 8.43. The van der Waals surface area contributed by atoms with Crippen LogP contribution in [0.25, 0.3) is 0 Å². The Labute approximate surface area is 150 Å². The largest absolute Gasteiger partial charge is 0.493 e. The van der Waals surface area contributed by atoms with Gasteiger partial charge >= 0.3 is 6.09 Å². The summed E-state index contributed by atoms with van der Waals surface area (Å²) in [5.74, 6) is 1.51. The standard InChI is InChI=1S/C19H30N2O4/c1-19(2,3)25-18(22)21-12-10-20(11-13-21)9-8-15-6-7-16(23-4)17(14-15)24-5/h6-7,14H,8-13H2,1-5H3. The van der Waals surface area contributed by atoms with Gasteiger partial charge in [-0.3, -0.25) is 4.90 Å². The summed E-state index contributed by atoms with van der Waals surface area (Å²) in [5, 5.41) is 0. The summed E-state index contributed by atoms with van der Waals surface area (Å²) in [4.78, 5) is 16.3. The zero-order valence-corrected chi connectivity index (χ0v) is 16.0.